The Kier molecular flexibility index (Phi) is 5.56. The maximum absolute atomic E-state index is 15.3. The van der Waals surface area contributed by atoms with Gasteiger partial charge in [0.2, 0.25) is 5.91 Å². The van der Waals surface area contributed by atoms with Crippen molar-refractivity contribution in [3.8, 4) is 22.7 Å². The van der Waals surface area contributed by atoms with E-state index in [0.717, 1.165) is 12.1 Å². The fraction of sp³-hybridized carbons (Fsp3) is 0.407. The van der Waals surface area contributed by atoms with Crippen LogP contribution in [0.15, 0.2) is 48.0 Å². The maximum Gasteiger partial charge on any atom is 0.244 e. The minimum atomic E-state index is -3.42. The number of nitrogens with zero attached hydrogens (tertiary/aromatic N) is 8. The molecule has 3 aromatic heterocycles. The lowest BCUT2D eigenvalue weighted by Gasteiger charge is -2.27. The van der Waals surface area contributed by atoms with Crippen molar-refractivity contribution in [3.05, 3.63) is 60.3 Å². The molecule has 4 aromatic rings. The SMILES string of the molecule is [2H]C1([2H])C([2H])([2H])C([2H])([2H])C([2H])(Sc2nnc(COc3cc(F)c(-c4cn(CC(=O)N5CCNCC5)nn4)cc3F)n2-c2cccnc2)C1([2H])[2H]. The van der Waals surface area contributed by atoms with E-state index in [-0.39, 0.29) is 52.1 Å². The summed E-state index contributed by atoms with van der Waals surface area (Å²) in [6, 6.07) is 4.65. The number of carbonyl (C=O) groups excluding carboxylic acids is 1. The molecule has 1 amide bonds. The molecule has 1 saturated carbocycles. The summed E-state index contributed by atoms with van der Waals surface area (Å²) in [5.74, 6) is -2.74. The average Bonchev–Trinajstić information content (AvgIpc) is 3.72. The molecule has 1 aliphatic carbocycles. The number of halogens is 2. The molecule has 1 N–H and O–H groups in total. The number of thioether (sulfide) groups is 1. The van der Waals surface area contributed by atoms with E-state index in [1.807, 2.05) is 0 Å². The summed E-state index contributed by atoms with van der Waals surface area (Å²) in [6.45, 7) is 1.70. The molecule has 1 saturated heterocycles. The minimum Gasteiger partial charge on any atom is -0.482 e. The normalized spacial score (nSPS) is 24.8. The second kappa shape index (κ2) is 12.3. The number of piperazine rings is 1. The topological polar surface area (TPSA) is 116 Å². The van der Waals surface area contributed by atoms with Gasteiger partial charge in [0.1, 0.15) is 24.7 Å². The number of hydrogen-bond acceptors (Lipinski definition) is 9. The van der Waals surface area contributed by atoms with Gasteiger partial charge in [0.05, 0.1) is 18.1 Å². The van der Waals surface area contributed by atoms with Gasteiger partial charge in [-0.2, -0.15) is 0 Å². The smallest absolute Gasteiger partial charge is 0.244 e. The van der Waals surface area contributed by atoms with Crippen LogP contribution in [-0.2, 0) is 17.9 Å². The second-order valence-electron chi connectivity index (χ2n) is 8.86. The predicted octanol–water partition coefficient (Wildman–Crippen LogP) is 3.24. The number of amides is 1. The third-order valence-electron chi connectivity index (χ3n) is 6.17. The van der Waals surface area contributed by atoms with E-state index in [1.54, 1.807) is 4.90 Å². The highest BCUT2D eigenvalue weighted by molar-refractivity contribution is 7.99. The van der Waals surface area contributed by atoms with Crippen LogP contribution in [0.25, 0.3) is 16.9 Å². The molecule has 2 fully saturated rings. The largest absolute Gasteiger partial charge is 0.482 e. The summed E-state index contributed by atoms with van der Waals surface area (Å²) in [5.41, 5.74) is -0.0508. The fourth-order valence-corrected chi connectivity index (χ4v) is 4.96. The second-order valence-corrected chi connectivity index (χ2v) is 9.84. The molecule has 4 heterocycles. The first-order valence-electron chi connectivity index (χ1n) is 17.0. The number of nitrogens with one attached hydrogen (secondary N) is 1. The van der Waals surface area contributed by atoms with Crippen LogP contribution in [0.1, 0.15) is 43.7 Å². The number of aromatic nitrogens is 7. The van der Waals surface area contributed by atoms with Gasteiger partial charge in [-0.15, -0.1) is 15.3 Å². The first kappa shape index (κ1) is 18.5. The first-order valence-corrected chi connectivity index (χ1v) is 13.3. The summed E-state index contributed by atoms with van der Waals surface area (Å²) in [6.07, 6.45) is -9.53. The quantitative estimate of drug-likeness (QED) is 0.314. The third kappa shape index (κ3) is 6.22. The number of rotatable bonds is 9. The van der Waals surface area contributed by atoms with Gasteiger partial charge in [0.25, 0.3) is 0 Å². The van der Waals surface area contributed by atoms with Gasteiger partial charge in [-0.05, 0) is 30.9 Å². The highest BCUT2D eigenvalue weighted by atomic mass is 32.2. The summed E-state index contributed by atoms with van der Waals surface area (Å²) < 4.78 is 113. The molecule has 2 aliphatic rings. The van der Waals surface area contributed by atoms with Gasteiger partial charge < -0.3 is 15.0 Å². The zero-order valence-corrected chi connectivity index (χ0v) is 22.2. The highest BCUT2D eigenvalue weighted by Crippen LogP contribution is 2.35. The standard InChI is InChI=1S/C27H29F2N9O2S/c28-21-13-24(22(29)12-20(21)23-15-37(35-32-23)16-26(39)36-10-8-30-9-11-36)40-17-25-33-34-27(41-19-5-1-2-6-19)38(25)18-4-3-7-31-14-18/h3-4,7,12-15,19,30H,1-2,5-6,8-11,16-17H2/i1D2,2D2,5D2,6D2,19D. The van der Waals surface area contributed by atoms with E-state index in [2.05, 4.69) is 30.8 Å². The number of benzene rings is 1. The Morgan fingerprint density at radius 3 is 2.78 bits per heavy atom. The molecule has 0 radical (unpaired) electrons. The van der Waals surface area contributed by atoms with E-state index >= 15 is 8.78 Å². The molecule has 0 bridgehead atoms. The average molecular weight is 591 g/mol. The number of ether oxygens (including phenoxy) is 1. The Labute approximate surface area is 251 Å². The fourth-order valence-electron chi connectivity index (χ4n) is 4.18. The lowest BCUT2D eigenvalue weighted by molar-refractivity contribution is -0.132. The van der Waals surface area contributed by atoms with E-state index in [4.69, 9.17) is 17.1 Å². The molecule has 0 atom stereocenters. The molecule has 6 rings (SSSR count). The molecule has 14 heteroatoms. The van der Waals surface area contributed by atoms with Crippen LogP contribution in [-0.4, -0.2) is 77.0 Å². The predicted molar refractivity (Wildman–Crippen MR) is 146 cm³/mol. The first-order chi connectivity index (χ1) is 23.4. The lowest BCUT2D eigenvalue weighted by Crippen LogP contribution is -2.47. The summed E-state index contributed by atoms with van der Waals surface area (Å²) >= 11 is 0.122. The van der Waals surface area contributed by atoms with E-state index < -0.39 is 54.7 Å². The van der Waals surface area contributed by atoms with Gasteiger partial charge in [-0.1, -0.05) is 29.7 Å². The van der Waals surface area contributed by atoms with Crippen LogP contribution in [0, 0.1) is 11.6 Å². The van der Waals surface area contributed by atoms with E-state index in [9.17, 15) is 4.79 Å². The van der Waals surface area contributed by atoms with Crippen LogP contribution >= 0.6 is 11.8 Å². The van der Waals surface area contributed by atoms with Crippen molar-refractivity contribution in [1.82, 2.24) is 45.0 Å². The Morgan fingerprint density at radius 2 is 2.00 bits per heavy atom. The molecule has 214 valence electrons. The molecule has 0 unspecified atom stereocenters. The van der Waals surface area contributed by atoms with Crippen LogP contribution in [0.5, 0.6) is 5.75 Å². The van der Waals surface area contributed by atoms with Crippen molar-refractivity contribution < 1.29 is 30.6 Å². The third-order valence-corrected chi connectivity index (χ3v) is 7.03. The van der Waals surface area contributed by atoms with Crippen LogP contribution in [0.4, 0.5) is 8.78 Å². The molecule has 41 heavy (non-hydrogen) atoms. The van der Waals surface area contributed by atoms with Gasteiger partial charge >= 0.3 is 0 Å². The van der Waals surface area contributed by atoms with E-state index in [1.165, 1.54) is 40.0 Å². The van der Waals surface area contributed by atoms with Crippen molar-refractivity contribution in [2.75, 3.05) is 26.2 Å². The Morgan fingerprint density at radius 1 is 1.17 bits per heavy atom. The zero-order valence-electron chi connectivity index (χ0n) is 30.3. The monoisotopic (exact) mass is 590 g/mol. The van der Waals surface area contributed by atoms with Crippen molar-refractivity contribution in [2.24, 2.45) is 0 Å². The minimum absolute atomic E-state index is 0.0243. The maximum atomic E-state index is 15.3. The van der Waals surface area contributed by atoms with Crippen LogP contribution < -0.4 is 10.1 Å². The molecular formula is C27H29F2N9O2S. The molecule has 1 aliphatic heterocycles. The summed E-state index contributed by atoms with van der Waals surface area (Å²) in [4.78, 5) is 18.2. The molecule has 11 nitrogen and oxygen atoms in total. The van der Waals surface area contributed by atoms with Gasteiger partial charge in [0.15, 0.2) is 22.5 Å². The Bertz CT molecular complexity index is 1880. The van der Waals surface area contributed by atoms with Gasteiger partial charge in [0, 0.05) is 61.6 Å². The van der Waals surface area contributed by atoms with Crippen molar-refractivity contribution in [2.45, 2.75) is 49.0 Å². The zero-order chi connectivity index (χ0) is 36.3. The Hall–Kier alpha value is -3.91. The number of carbonyl (C=O) groups is 1. The molecule has 1 aromatic carbocycles. The van der Waals surface area contributed by atoms with E-state index in [0.29, 0.717) is 26.2 Å². The van der Waals surface area contributed by atoms with Gasteiger partial charge in [-0.3, -0.25) is 14.3 Å². The van der Waals surface area contributed by atoms with Crippen LogP contribution in [0.2, 0.25) is 0 Å². The van der Waals surface area contributed by atoms with Gasteiger partial charge in [-0.25, -0.2) is 13.5 Å². The summed E-state index contributed by atoms with van der Waals surface area (Å²) in [5, 5.41) is 15.4. The number of hydrogen-bond donors (Lipinski definition) is 1. The van der Waals surface area contributed by atoms with Crippen LogP contribution in [0.3, 0.4) is 0 Å². The Balaban J connectivity index is 1.25. The summed E-state index contributed by atoms with van der Waals surface area (Å²) in [7, 11) is 0. The molecule has 0 spiro atoms. The van der Waals surface area contributed by atoms with Crippen molar-refractivity contribution >= 4 is 17.7 Å². The molecular weight excluding hydrogens is 552 g/mol. The number of pyridine rings is 1. The highest BCUT2D eigenvalue weighted by Gasteiger charge is 2.23. The lowest BCUT2D eigenvalue weighted by atomic mass is 10.1. The van der Waals surface area contributed by atoms with Crippen molar-refractivity contribution in [1.29, 1.82) is 0 Å². The van der Waals surface area contributed by atoms with Crippen molar-refractivity contribution in [3.63, 3.8) is 0 Å².